The topological polar surface area (TPSA) is 129 Å². The van der Waals surface area contributed by atoms with Crippen LogP contribution in [0.1, 0.15) is 32.6 Å². The van der Waals surface area contributed by atoms with Gasteiger partial charge in [-0.2, -0.15) is 13.2 Å². The van der Waals surface area contributed by atoms with Gasteiger partial charge in [0.1, 0.15) is 5.52 Å². The van der Waals surface area contributed by atoms with Crippen LogP contribution in [0.25, 0.3) is 10.9 Å². The molecule has 0 saturated heterocycles. The zero-order chi connectivity index (χ0) is 33.6. The van der Waals surface area contributed by atoms with E-state index in [0.29, 0.717) is 22.2 Å². The Balaban J connectivity index is 0.000000229. The highest BCUT2D eigenvalue weighted by molar-refractivity contribution is 9.08. The zero-order valence-corrected chi connectivity index (χ0v) is 27.2. The number of amides is 1. The summed E-state index contributed by atoms with van der Waals surface area (Å²) >= 11 is 3.22. The van der Waals surface area contributed by atoms with Gasteiger partial charge in [-0.3, -0.25) is 14.1 Å². The van der Waals surface area contributed by atoms with Gasteiger partial charge >= 0.3 is 0 Å². The fourth-order valence-corrected chi connectivity index (χ4v) is 5.31. The Labute approximate surface area is 271 Å². The third-order valence-corrected chi connectivity index (χ3v) is 8.58. The molecule has 0 spiro atoms. The molecule has 4 aromatic heterocycles. The minimum Gasteiger partial charge on any atom is -0.505 e. The van der Waals surface area contributed by atoms with Gasteiger partial charge in [0.2, 0.25) is 27.9 Å². The van der Waals surface area contributed by atoms with E-state index >= 15 is 0 Å². The van der Waals surface area contributed by atoms with E-state index < -0.39 is 33.8 Å². The highest BCUT2D eigenvalue weighted by atomic mass is 79.9. The molecule has 46 heavy (non-hydrogen) atoms. The van der Waals surface area contributed by atoms with Gasteiger partial charge in [0.05, 0.1) is 17.5 Å². The summed E-state index contributed by atoms with van der Waals surface area (Å²) in [7, 11) is -2.24. The van der Waals surface area contributed by atoms with Crippen LogP contribution in [-0.4, -0.2) is 57.6 Å². The quantitative estimate of drug-likeness (QED) is 0.182. The number of pyridine rings is 4. The van der Waals surface area contributed by atoms with E-state index in [-0.39, 0.29) is 29.9 Å². The number of benzene rings is 1. The number of fused-ring (bicyclic) bond motifs is 2. The lowest BCUT2D eigenvalue weighted by Gasteiger charge is -2.22. The van der Waals surface area contributed by atoms with Crippen molar-refractivity contribution in [3.63, 3.8) is 0 Å². The number of rotatable bonds is 5. The van der Waals surface area contributed by atoms with Crippen molar-refractivity contribution in [3.8, 4) is 5.75 Å². The molecule has 1 amide bonds. The van der Waals surface area contributed by atoms with Gasteiger partial charge in [-0.25, -0.2) is 23.4 Å². The molecule has 0 unspecified atom stereocenters. The lowest BCUT2D eigenvalue weighted by molar-refractivity contribution is 0.0764. The van der Waals surface area contributed by atoms with Crippen molar-refractivity contribution in [2.75, 3.05) is 17.6 Å². The van der Waals surface area contributed by atoms with Crippen LogP contribution in [0, 0.1) is 24.8 Å². The molecule has 5 aromatic rings. The molecule has 0 atom stereocenters. The summed E-state index contributed by atoms with van der Waals surface area (Å²) in [5.41, 5.74) is 3.44. The van der Waals surface area contributed by atoms with Gasteiger partial charge in [-0.05, 0) is 53.9 Å². The number of phenols is 1. The maximum atomic E-state index is 13.1. The molecule has 1 N–H and O–H groups in total. The van der Waals surface area contributed by atoms with Gasteiger partial charge in [-0.1, -0.05) is 34.1 Å². The highest BCUT2D eigenvalue weighted by Gasteiger charge is 2.37. The number of halogens is 4. The van der Waals surface area contributed by atoms with E-state index in [0.717, 1.165) is 27.0 Å². The van der Waals surface area contributed by atoms with Crippen LogP contribution in [0.15, 0.2) is 73.3 Å². The third kappa shape index (κ3) is 8.14. The SMILES string of the molecule is CN(c1c2c(c(O)c3ncccc13)C(=O)N(Cc1ccc(F)nc1)C2)S(C)(=O)=O.Cc1ccc(F)nc1.Fc1ccc(CBr)cn1. The molecular weight excluding hydrogens is 689 g/mol. The number of carbonyl (C=O) groups excluding carboxylic acids is 1. The average molecular weight is 718 g/mol. The van der Waals surface area contributed by atoms with Crippen molar-refractivity contribution in [2.24, 2.45) is 0 Å². The van der Waals surface area contributed by atoms with E-state index in [2.05, 4.69) is 35.9 Å². The lowest BCUT2D eigenvalue weighted by atomic mass is 10.0. The van der Waals surface area contributed by atoms with Gasteiger partial charge in [0, 0.05) is 61.2 Å². The highest BCUT2D eigenvalue weighted by Crippen LogP contribution is 2.44. The number of sulfonamides is 1. The Kier molecular flexibility index (Phi) is 10.9. The van der Waals surface area contributed by atoms with E-state index in [1.54, 1.807) is 24.3 Å². The number of alkyl halides is 1. The van der Waals surface area contributed by atoms with E-state index in [1.807, 2.05) is 6.92 Å². The first-order valence-corrected chi connectivity index (χ1v) is 16.5. The van der Waals surface area contributed by atoms with Crippen LogP contribution in [0.3, 0.4) is 0 Å². The summed E-state index contributed by atoms with van der Waals surface area (Å²) in [6.07, 6.45) is 6.85. The number of nitrogens with zero attached hydrogens (tertiary/aromatic N) is 6. The molecule has 1 aromatic carbocycles. The summed E-state index contributed by atoms with van der Waals surface area (Å²) in [6, 6.07) is 12.1. The van der Waals surface area contributed by atoms with Crippen LogP contribution in [0.5, 0.6) is 5.75 Å². The fourth-order valence-electron chi connectivity index (χ4n) is 4.44. The number of aromatic nitrogens is 4. The molecule has 240 valence electrons. The number of hydrogen-bond acceptors (Lipinski definition) is 8. The van der Waals surface area contributed by atoms with Crippen molar-refractivity contribution < 1.29 is 31.5 Å². The van der Waals surface area contributed by atoms with Crippen molar-refractivity contribution in [2.45, 2.75) is 25.3 Å². The Hall–Kier alpha value is -4.63. The van der Waals surface area contributed by atoms with Gasteiger partial charge in [-0.15, -0.1) is 0 Å². The van der Waals surface area contributed by atoms with Crippen molar-refractivity contribution in [3.05, 3.63) is 119 Å². The lowest BCUT2D eigenvalue weighted by Crippen LogP contribution is -2.26. The van der Waals surface area contributed by atoms with Gasteiger partial charge in [0.25, 0.3) is 5.91 Å². The minimum atomic E-state index is -3.64. The van der Waals surface area contributed by atoms with Crippen LogP contribution in [-0.2, 0) is 28.4 Å². The van der Waals surface area contributed by atoms with Crippen molar-refractivity contribution >= 4 is 48.5 Å². The second-order valence-electron chi connectivity index (χ2n) is 10.1. The molecule has 6 rings (SSSR count). The van der Waals surface area contributed by atoms with Gasteiger partial charge in [0.15, 0.2) is 5.75 Å². The first-order chi connectivity index (χ1) is 21.8. The second kappa shape index (κ2) is 14.6. The largest absolute Gasteiger partial charge is 0.505 e. The normalized spacial score (nSPS) is 12.2. The summed E-state index contributed by atoms with van der Waals surface area (Å²) < 4.78 is 62.7. The molecular formula is C31H28BrF3N6O4S. The number of aryl methyl sites for hydroxylation is 1. The summed E-state index contributed by atoms with van der Waals surface area (Å²) in [4.78, 5) is 29.1. The fraction of sp³-hybridized carbons (Fsp3) is 0.194. The number of hydrogen-bond donors (Lipinski definition) is 1. The Morgan fingerprint density at radius 2 is 1.50 bits per heavy atom. The van der Waals surface area contributed by atoms with Crippen molar-refractivity contribution in [1.29, 1.82) is 0 Å². The zero-order valence-electron chi connectivity index (χ0n) is 24.8. The standard InChI is InChI=1S/C19H17FN4O4S.C6H5BrFN.C6H6FN/c1-23(29(2,27)28)17-12-4-3-7-21-16(12)18(25)15-13(17)10-24(19(15)26)9-11-5-6-14(20)22-8-11;7-3-5-1-2-6(8)9-4-5;1-5-2-3-6(7)8-4-5/h3-8,25H,9-10H2,1-2H3;1-2,4H,3H2;2-4H,1H3. The predicted molar refractivity (Wildman–Crippen MR) is 170 cm³/mol. The van der Waals surface area contributed by atoms with Crippen LogP contribution in [0.2, 0.25) is 0 Å². The Morgan fingerprint density at radius 3 is 2.00 bits per heavy atom. The molecule has 0 saturated carbocycles. The summed E-state index contributed by atoms with van der Waals surface area (Å²) in [6.45, 7) is 2.08. The number of carbonyl (C=O) groups is 1. The Bertz CT molecular complexity index is 1930. The molecule has 10 nitrogen and oxygen atoms in total. The van der Waals surface area contributed by atoms with E-state index in [9.17, 15) is 31.5 Å². The summed E-state index contributed by atoms with van der Waals surface area (Å²) in [5.74, 6) is -2.23. The van der Waals surface area contributed by atoms with Gasteiger partial charge < -0.3 is 10.0 Å². The van der Waals surface area contributed by atoms with Crippen LogP contribution >= 0.6 is 15.9 Å². The molecule has 1 aliphatic heterocycles. The molecule has 0 radical (unpaired) electrons. The van der Waals surface area contributed by atoms with E-state index in [1.165, 1.54) is 61.0 Å². The summed E-state index contributed by atoms with van der Waals surface area (Å²) in [5, 5.41) is 11.9. The number of phenolic OH excluding ortho intramolecular Hbond substituents is 1. The Morgan fingerprint density at radius 1 is 0.913 bits per heavy atom. The van der Waals surface area contributed by atoms with E-state index in [4.69, 9.17) is 0 Å². The first-order valence-electron chi connectivity index (χ1n) is 13.5. The monoisotopic (exact) mass is 716 g/mol. The predicted octanol–water partition coefficient (Wildman–Crippen LogP) is 5.67. The van der Waals surface area contributed by atoms with Crippen molar-refractivity contribution in [1.82, 2.24) is 24.8 Å². The molecule has 0 fully saturated rings. The van der Waals surface area contributed by atoms with Crippen LogP contribution < -0.4 is 4.31 Å². The number of aromatic hydroxyl groups is 1. The molecule has 15 heteroatoms. The maximum Gasteiger partial charge on any atom is 0.258 e. The maximum absolute atomic E-state index is 13.1. The van der Waals surface area contributed by atoms with Crippen LogP contribution in [0.4, 0.5) is 18.9 Å². The second-order valence-corrected chi connectivity index (χ2v) is 12.7. The first kappa shape index (κ1) is 34.2. The molecule has 0 aliphatic carbocycles. The third-order valence-electron chi connectivity index (χ3n) is 6.75. The molecule has 1 aliphatic rings. The smallest absolute Gasteiger partial charge is 0.258 e. The molecule has 0 bridgehead atoms. The number of anilines is 1. The average Bonchev–Trinajstić information content (AvgIpc) is 3.35. The molecule has 5 heterocycles. The minimum absolute atomic E-state index is 0.0248.